The molecular weight excluding hydrogens is 188 g/mol. The molecule has 1 N–H and O–H groups in total. The van der Waals surface area contributed by atoms with E-state index in [1.807, 2.05) is 0 Å². The van der Waals surface area contributed by atoms with Crippen LogP contribution >= 0.6 is 0 Å². The van der Waals surface area contributed by atoms with Crippen molar-refractivity contribution < 1.29 is 4.74 Å². The molecule has 0 aromatic heterocycles. The molecule has 2 heterocycles. The monoisotopic (exact) mass is 212 g/mol. The standard InChI is InChI=1S/C12H24N2O/c1-3-14-6-4-11(5-7-14)13-8-12(2)9-15-10-12/h11,13H,3-10H2,1-2H3. The fraction of sp³-hybridized carbons (Fsp3) is 1.00. The highest BCUT2D eigenvalue weighted by molar-refractivity contribution is 4.86. The zero-order valence-electron chi connectivity index (χ0n) is 10.1. The first-order valence-electron chi connectivity index (χ1n) is 6.25. The second kappa shape index (κ2) is 4.81. The Labute approximate surface area is 93.2 Å². The van der Waals surface area contributed by atoms with Crippen LogP contribution in [0.5, 0.6) is 0 Å². The molecule has 15 heavy (non-hydrogen) atoms. The van der Waals surface area contributed by atoms with Crippen LogP contribution in [0.1, 0.15) is 26.7 Å². The third-order valence-electron chi connectivity index (χ3n) is 3.75. The largest absolute Gasteiger partial charge is 0.380 e. The van der Waals surface area contributed by atoms with Gasteiger partial charge in [-0.05, 0) is 32.5 Å². The lowest BCUT2D eigenvalue weighted by Gasteiger charge is -2.40. The van der Waals surface area contributed by atoms with Crippen molar-refractivity contribution in [1.29, 1.82) is 0 Å². The van der Waals surface area contributed by atoms with Gasteiger partial charge in [0.2, 0.25) is 0 Å². The van der Waals surface area contributed by atoms with E-state index in [4.69, 9.17) is 4.74 Å². The third kappa shape index (κ3) is 2.92. The lowest BCUT2D eigenvalue weighted by Crippen LogP contribution is -2.51. The third-order valence-corrected chi connectivity index (χ3v) is 3.75. The molecule has 0 bridgehead atoms. The van der Waals surface area contributed by atoms with Crippen LogP contribution < -0.4 is 5.32 Å². The van der Waals surface area contributed by atoms with Crippen LogP contribution in [-0.4, -0.2) is 50.3 Å². The minimum atomic E-state index is 0.419. The zero-order chi connectivity index (χ0) is 10.7. The van der Waals surface area contributed by atoms with E-state index in [2.05, 4.69) is 24.1 Å². The van der Waals surface area contributed by atoms with Crippen molar-refractivity contribution in [3.05, 3.63) is 0 Å². The number of ether oxygens (including phenoxy) is 1. The Hall–Kier alpha value is -0.120. The number of nitrogens with zero attached hydrogens (tertiary/aromatic N) is 1. The molecule has 0 spiro atoms. The molecule has 3 heteroatoms. The van der Waals surface area contributed by atoms with Crippen LogP contribution in [0.2, 0.25) is 0 Å². The Morgan fingerprint density at radius 2 is 2.00 bits per heavy atom. The molecule has 2 aliphatic rings. The minimum absolute atomic E-state index is 0.419. The van der Waals surface area contributed by atoms with Crippen molar-refractivity contribution in [2.45, 2.75) is 32.7 Å². The molecule has 0 radical (unpaired) electrons. The lowest BCUT2D eigenvalue weighted by molar-refractivity contribution is -0.100. The van der Waals surface area contributed by atoms with Gasteiger partial charge in [-0.15, -0.1) is 0 Å². The predicted molar refractivity (Wildman–Crippen MR) is 62.1 cm³/mol. The topological polar surface area (TPSA) is 24.5 Å². The molecule has 3 nitrogen and oxygen atoms in total. The van der Waals surface area contributed by atoms with Gasteiger partial charge in [0, 0.05) is 18.0 Å². The van der Waals surface area contributed by atoms with Gasteiger partial charge in [0.05, 0.1) is 13.2 Å². The zero-order valence-corrected chi connectivity index (χ0v) is 10.1. The molecule has 0 aromatic carbocycles. The summed E-state index contributed by atoms with van der Waals surface area (Å²) < 4.78 is 5.26. The Morgan fingerprint density at radius 1 is 1.33 bits per heavy atom. The molecule has 0 unspecified atom stereocenters. The average Bonchev–Trinajstić information content (AvgIpc) is 2.24. The molecule has 0 atom stereocenters. The van der Waals surface area contributed by atoms with Gasteiger partial charge in [-0.1, -0.05) is 13.8 Å². The Bertz CT molecular complexity index is 196. The van der Waals surface area contributed by atoms with E-state index in [-0.39, 0.29) is 0 Å². The van der Waals surface area contributed by atoms with Crippen molar-refractivity contribution in [2.75, 3.05) is 39.4 Å². The number of likely N-dealkylation sites (tertiary alicyclic amines) is 1. The van der Waals surface area contributed by atoms with E-state index in [0.717, 1.165) is 25.8 Å². The molecule has 0 aromatic rings. The summed E-state index contributed by atoms with van der Waals surface area (Å²) in [7, 11) is 0. The van der Waals surface area contributed by atoms with Gasteiger partial charge in [-0.3, -0.25) is 0 Å². The van der Waals surface area contributed by atoms with Crippen LogP contribution in [0.15, 0.2) is 0 Å². The molecule has 2 aliphatic heterocycles. The molecule has 2 saturated heterocycles. The maximum Gasteiger partial charge on any atom is 0.0554 e. The fourth-order valence-electron chi connectivity index (χ4n) is 2.40. The SMILES string of the molecule is CCN1CCC(NCC2(C)COC2)CC1. The van der Waals surface area contributed by atoms with Crippen molar-refractivity contribution in [1.82, 2.24) is 10.2 Å². The normalized spacial score (nSPS) is 27.6. The highest BCUT2D eigenvalue weighted by Crippen LogP contribution is 2.25. The first kappa shape index (κ1) is 11.4. The summed E-state index contributed by atoms with van der Waals surface area (Å²) in [5, 5.41) is 3.70. The number of hydrogen-bond donors (Lipinski definition) is 1. The summed E-state index contributed by atoms with van der Waals surface area (Å²) in [6.07, 6.45) is 2.62. The van der Waals surface area contributed by atoms with Crippen molar-refractivity contribution >= 4 is 0 Å². The maximum absolute atomic E-state index is 5.26. The van der Waals surface area contributed by atoms with Gasteiger partial charge in [0.1, 0.15) is 0 Å². The maximum atomic E-state index is 5.26. The van der Waals surface area contributed by atoms with Crippen LogP contribution in [0.25, 0.3) is 0 Å². The quantitative estimate of drug-likeness (QED) is 0.755. The average molecular weight is 212 g/mol. The summed E-state index contributed by atoms with van der Waals surface area (Å²) in [6, 6.07) is 0.741. The number of piperidine rings is 1. The van der Waals surface area contributed by atoms with E-state index in [9.17, 15) is 0 Å². The Morgan fingerprint density at radius 3 is 2.47 bits per heavy atom. The lowest BCUT2D eigenvalue weighted by atomic mass is 9.88. The first-order chi connectivity index (χ1) is 7.22. The molecule has 0 saturated carbocycles. The summed E-state index contributed by atoms with van der Waals surface area (Å²) in [5.41, 5.74) is 0.419. The van der Waals surface area contributed by atoms with Gasteiger partial charge in [0.15, 0.2) is 0 Å². The van der Waals surface area contributed by atoms with Crippen LogP contribution in [0.4, 0.5) is 0 Å². The van der Waals surface area contributed by atoms with Gasteiger partial charge >= 0.3 is 0 Å². The molecular formula is C12H24N2O. The second-order valence-corrected chi connectivity index (χ2v) is 5.39. The molecule has 88 valence electrons. The summed E-state index contributed by atoms with van der Waals surface area (Å²) in [5.74, 6) is 0. The smallest absolute Gasteiger partial charge is 0.0554 e. The Balaban J connectivity index is 1.64. The van der Waals surface area contributed by atoms with Gasteiger partial charge in [-0.25, -0.2) is 0 Å². The number of rotatable bonds is 4. The van der Waals surface area contributed by atoms with Crippen molar-refractivity contribution in [2.24, 2.45) is 5.41 Å². The molecule has 2 fully saturated rings. The molecule has 0 aliphatic carbocycles. The van der Waals surface area contributed by atoms with E-state index >= 15 is 0 Å². The fourth-order valence-corrected chi connectivity index (χ4v) is 2.40. The van der Waals surface area contributed by atoms with Crippen molar-refractivity contribution in [3.8, 4) is 0 Å². The number of hydrogen-bond acceptors (Lipinski definition) is 3. The summed E-state index contributed by atoms with van der Waals surface area (Å²) in [6.45, 7) is 11.3. The molecule has 0 amide bonds. The van der Waals surface area contributed by atoms with Gasteiger partial charge in [0.25, 0.3) is 0 Å². The second-order valence-electron chi connectivity index (χ2n) is 5.39. The number of nitrogens with one attached hydrogen (secondary N) is 1. The van der Waals surface area contributed by atoms with E-state index in [1.165, 1.54) is 32.5 Å². The first-order valence-corrected chi connectivity index (χ1v) is 6.25. The van der Waals surface area contributed by atoms with Crippen molar-refractivity contribution in [3.63, 3.8) is 0 Å². The van der Waals surface area contributed by atoms with E-state index in [0.29, 0.717) is 5.41 Å². The van der Waals surface area contributed by atoms with Crippen LogP contribution in [0.3, 0.4) is 0 Å². The highest BCUT2D eigenvalue weighted by Gasteiger charge is 2.33. The summed E-state index contributed by atoms with van der Waals surface area (Å²) in [4.78, 5) is 2.53. The predicted octanol–water partition coefficient (Wildman–Crippen LogP) is 1.10. The van der Waals surface area contributed by atoms with Crippen LogP contribution in [-0.2, 0) is 4.74 Å². The summed E-state index contributed by atoms with van der Waals surface area (Å²) >= 11 is 0. The minimum Gasteiger partial charge on any atom is -0.380 e. The van der Waals surface area contributed by atoms with Gasteiger partial charge in [-0.2, -0.15) is 0 Å². The van der Waals surface area contributed by atoms with E-state index < -0.39 is 0 Å². The van der Waals surface area contributed by atoms with Gasteiger partial charge < -0.3 is 15.0 Å². The molecule has 2 rings (SSSR count). The van der Waals surface area contributed by atoms with Crippen LogP contribution in [0, 0.1) is 5.41 Å². The Kier molecular flexibility index (Phi) is 3.65. The van der Waals surface area contributed by atoms with E-state index in [1.54, 1.807) is 0 Å². The highest BCUT2D eigenvalue weighted by atomic mass is 16.5.